The van der Waals surface area contributed by atoms with Crippen LogP contribution in [0.1, 0.15) is 11.3 Å². The summed E-state index contributed by atoms with van der Waals surface area (Å²) in [7, 11) is 1.83. The third kappa shape index (κ3) is 3.90. The molecular formula is C22H21Cl2N7O. The van der Waals surface area contributed by atoms with E-state index in [4.69, 9.17) is 34.3 Å². The van der Waals surface area contributed by atoms with Crippen molar-refractivity contribution in [2.24, 2.45) is 12.8 Å². The number of aromatic nitrogens is 3. The van der Waals surface area contributed by atoms with Gasteiger partial charge in [-0.15, -0.1) is 0 Å². The van der Waals surface area contributed by atoms with E-state index in [1.807, 2.05) is 30.7 Å². The van der Waals surface area contributed by atoms with E-state index in [9.17, 15) is 4.79 Å². The number of hydrogen-bond donors (Lipinski definition) is 5. The smallest absolute Gasteiger partial charge is 0.258 e. The molecule has 2 aromatic carbocycles. The Balaban J connectivity index is 1.82. The van der Waals surface area contributed by atoms with Gasteiger partial charge in [-0.3, -0.25) is 10.2 Å². The van der Waals surface area contributed by atoms with Gasteiger partial charge in [0.1, 0.15) is 0 Å². The molecule has 10 heteroatoms. The Kier molecular flexibility index (Phi) is 5.82. The van der Waals surface area contributed by atoms with Gasteiger partial charge in [0.15, 0.2) is 5.96 Å². The Morgan fingerprint density at radius 1 is 1.28 bits per heavy atom. The fraction of sp³-hybridized carbons (Fsp3) is 0.136. The molecule has 0 aliphatic rings. The highest BCUT2D eigenvalue weighted by Gasteiger charge is 2.17. The van der Waals surface area contributed by atoms with Crippen molar-refractivity contribution in [3.63, 3.8) is 0 Å². The monoisotopic (exact) mass is 469 g/mol. The van der Waals surface area contributed by atoms with Gasteiger partial charge in [0.05, 0.1) is 32.2 Å². The molecule has 0 fully saturated rings. The highest BCUT2D eigenvalue weighted by molar-refractivity contribution is 6.39. The van der Waals surface area contributed by atoms with Crippen molar-refractivity contribution < 1.29 is 0 Å². The largest absolute Gasteiger partial charge is 0.370 e. The van der Waals surface area contributed by atoms with E-state index in [2.05, 4.69) is 20.6 Å². The second-order valence-electron chi connectivity index (χ2n) is 7.29. The summed E-state index contributed by atoms with van der Waals surface area (Å²) in [5.74, 6) is 0.368. The van der Waals surface area contributed by atoms with E-state index in [0.717, 1.165) is 16.6 Å². The Labute approximate surface area is 193 Å². The predicted molar refractivity (Wildman–Crippen MR) is 131 cm³/mol. The van der Waals surface area contributed by atoms with Gasteiger partial charge in [0.25, 0.3) is 5.56 Å². The van der Waals surface area contributed by atoms with Gasteiger partial charge in [0, 0.05) is 25.4 Å². The molecule has 0 saturated heterocycles. The second kappa shape index (κ2) is 8.57. The van der Waals surface area contributed by atoms with Crippen LogP contribution in [0.5, 0.6) is 0 Å². The summed E-state index contributed by atoms with van der Waals surface area (Å²) in [6.07, 6.45) is 3.86. The molecule has 2 aromatic heterocycles. The van der Waals surface area contributed by atoms with E-state index in [1.165, 1.54) is 0 Å². The molecule has 0 unspecified atom stereocenters. The molecule has 0 saturated carbocycles. The third-order valence-corrected chi connectivity index (χ3v) is 5.89. The van der Waals surface area contributed by atoms with Crippen molar-refractivity contribution in [1.29, 1.82) is 5.41 Å². The van der Waals surface area contributed by atoms with Crippen LogP contribution in [-0.4, -0.2) is 20.5 Å². The molecule has 0 atom stereocenters. The number of para-hydroxylation sites is 1. The number of benzene rings is 2. The van der Waals surface area contributed by atoms with E-state index >= 15 is 0 Å². The van der Waals surface area contributed by atoms with Gasteiger partial charge in [-0.2, -0.15) is 0 Å². The van der Waals surface area contributed by atoms with Crippen molar-refractivity contribution in [3.8, 4) is 0 Å². The lowest BCUT2D eigenvalue weighted by Gasteiger charge is -2.11. The Bertz CT molecular complexity index is 1430. The minimum absolute atomic E-state index is 0.147. The van der Waals surface area contributed by atoms with E-state index < -0.39 is 0 Å². The number of aryl methyl sites for hydroxylation is 2. The molecule has 0 aliphatic carbocycles. The standard InChI is InChI=1S/C22H21Cl2N7O/c1-11-12-8-9-16-19(17(12)20(32)28-15(11)7-4-10-27-21(25)26)31(2)22(29-16)30-18-13(23)5-3-6-14(18)24/h3-6,8-10H,7H2,1-2H3,(H,28,32)(H,29,30)(H4,25,26,27). The molecule has 8 nitrogen and oxygen atoms in total. The summed E-state index contributed by atoms with van der Waals surface area (Å²) in [6, 6.07) is 9.04. The molecular weight excluding hydrogens is 449 g/mol. The van der Waals surface area contributed by atoms with Gasteiger partial charge in [-0.1, -0.05) is 41.4 Å². The second-order valence-corrected chi connectivity index (χ2v) is 8.11. The average molecular weight is 470 g/mol. The lowest BCUT2D eigenvalue weighted by molar-refractivity contribution is 0.959. The molecule has 4 aromatic rings. The Morgan fingerprint density at radius 3 is 2.69 bits per heavy atom. The van der Waals surface area contributed by atoms with Crippen molar-refractivity contribution >= 4 is 62.6 Å². The van der Waals surface area contributed by atoms with Crippen molar-refractivity contribution in [1.82, 2.24) is 19.9 Å². The molecule has 164 valence electrons. The first-order valence-electron chi connectivity index (χ1n) is 9.75. The first-order valence-corrected chi connectivity index (χ1v) is 10.5. The van der Waals surface area contributed by atoms with Crippen molar-refractivity contribution in [2.45, 2.75) is 13.3 Å². The van der Waals surface area contributed by atoms with E-state index in [0.29, 0.717) is 44.5 Å². The van der Waals surface area contributed by atoms with Crippen LogP contribution in [0.25, 0.3) is 21.8 Å². The number of imidazole rings is 1. The van der Waals surface area contributed by atoms with Gasteiger partial charge in [-0.25, -0.2) is 4.98 Å². The van der Waals surface area contributed by atoms with Crippen molar-refractivity contribution in [3.05, 3.63) is 74.3 Å². The van der Waals surface area contributed by atoms with E-state index in [-0.39, 0.29) is 11.5 Å². The van der Waals surface area contributed by atoms with Crippen LogP contribution >= 0.6 is 23.2 Å². The lowest BCUT2D eigenvalue weighted by Crippen LogP contribution is -2.25. The molecule has 0 aliphatic heterocycles. The number of anilines is 2. The number of hydrogen-bond acceptors (Lipinski definition) is 4. The number of nitrogens with one attached hydrogen (secondary N) is 4. The number of pyridine rings is 1. The normalized spacial score (nSPS) is 11.5. The quantitative estimate of drug-likeness (QED) is 0.220. The number of rotatable bonds is 5. The zero-order valence-electron chi connectivity index (χ0n) is 17.4. The van der Waals surface area contributed by atoms with Gasteiger partial charge >= 0.3 is 0 Å². The van der Waals surface area contributed by atoms with E-state index in [1.54, 1.807) is 30.5 Å². The topological polar surface area (TPSA) is 125 Å². The summed E-state index contributed by atoms with van der Waals surface area (Å²) in [4.78, 5) is 20.7. The number of nitrogens with two attached hydrogens (primary N) is 1. The first-order chi connectivity index (χ1) is 15.3. The highest BCUT2D eigenvalue weighted by Crippen LogP contribution is 2.34. The molecule has 6 N–H and O–H groups in total. The summed E-state index contributed by atoms with van der Waals surface area (Å²) >= 11 is 12.6. The van der Waals surface area contributed by atoms with Crippen LogP contribution in [0.15, 0.2) is 47.4 Å². The summed E-state index contributed by atoms with van der Waals surface area (Å²) in [6.45, 7) is 1.96. The van der Waals surface area contributed by atoms with Gasteiger partial charge in [-0.05, 0) is 36.1 Å². The third-order valence-electron chi connectivity index (χ3n) is 5.26. The van der Waals surface area contributed by atoms with Crippen LogP contribution in [-0.2, 0) is 13.5 Å². The van der Waals surface area contributed by atoms with Gasteiger partial charge in [0.2, 0.25) is 5.95 Å². The molecule has 32 heavy (non-hydrogen) atoms. The predicted octanol–water partition coefficient (Wildman–Crippen LogP) is 4.31. The molecule has 0 amide bonds. The zero-order valence-corrected chi connectivity index (χ0v) is 18.9. The summed E-state index contributed by atoms with van der Waals surface area (Å²) < 4.78 is 1.82. The summed E-state index contributed by atoms with van der Waals surface area (Å²) in [5, 5.41) is 15.3. The minimum atomic E-state index is -0.204. The molecule has 2 heterocycles. The average Bonchev–Trinajstić information content (AvgIpc) is 3.06. The number of allylic oxidation sites excluding steroid dienone is 1. The van der Waals surface area contributed by atoms with Crippen LogP contribution < -0.4 is 21.9 Å². The van der Waals surface area contributed by atoms with Crippen LogP contribution in [0.2, 0.25) is 10.0 Å². The maximum absolute atomic E-state index is 13.1. The number of halogens is 2. The number of aromatic amines is 1. The first kappa shape index (κ1) is 21.7. The van der Waals surface area contributed by atoms with Crippen LogP contribution in [0.4, 0.5) is 11.6 Å². The lowest BCUT2D eigenvalue weighted by atomic mass is 10.0. The fourth-order valence-corrected chi connectivity index (χ4v) is 4.17. The molecule has 0 radical (unpaired) electrons. The zero-order chi connectivity index (χ0) is 23.0. The fourth-order valence-electron chi connectivity index (χ4n) is 3.67. The van der Waals surface area contributed by atoms with Gasteiger partial charge < -0.3 is 25.9 Å². The maximum atomic E-state index is 13.1. The number of guanidine groups is 1. The number of nitrogens with zero attached hydrogens (tertiary/aromatic N) is 2. The van der Waals surface area contributed by atoms with Crippen LogP contribution in [0.3, 0.4) is 0 Å². The van der Waals surface area contributed by atoms with Crippen LogP contribution in [0, 0.1) is 12.3 Å². The number of fused-ring (bicyclic) bond motifs is 3. The molecule has 0 bridgehead atoms. The minimum Gasteiger partial charge on any atom is -0.370 e. The Hall–Kier alpha value is -3.49. The van der Waals surface area contributed by atoms with Crippen molar-refractivity contribution in [2.75, 3.05) is 5.32 Å². The molecule has 4 rings (SSSR count). The molecule has 0 spiro atoms. The SMILES string of the molecule is Cc1c(CC=CNC(=N)N)[nH]c(=O)c2c1ccc1nc(Nc3c(Cl)cccc3Cl)n(C)c12. The Morgan fingerprint density at radius 2 is 2.00 bits per heavy atom. The maximum Gasteiger partial charge on any atom is 0.258 e. The summed E-state index contributed by atoms with van der Waals surface area (Å²) in [5.41, 5.74) is 8.74. The highest BCUT2D eigenvalue weighted by atomic mass is 35.5. The number of H-pyrrole nitrogens is 1.